The highest BCUT2D eigenvalue weighted by molar-refractivity contribution is 6.01. The van der Waals surface area contributed by atoms with E-state index in [-0.39, 0.29) is 29.0 Å². The SMILES string of the molecule is O=C(O)c1ccccc1C(=O)O.OCN(CO)c1nc(N(CO)CO)nc(N(CO)CO)n1. The second-order valence-corrected chi connectivity index (χ2v) is 5.86. The van der Waals surface area contributed by atoms with Gasteiger partial charge in [0.15, 0.2) is 0 Å². The van der Waals surface area contributed by atoms with Crippen LogP contribution in [0.15, 0.2) is 24.3 Å². The number of carboxylic acid groups (broad SMARTS) is 2. The minimum atomic E-state index is -1.23. The van der Waals surface area contributed by atoms with Gasteiger partial charge in [0.25, 0.3) is 0 Å². The molecule has 0 radical (unpaired) electrons. The van der Waals surface area contributed by atoms with Crippen LogP contribution in [0, 0.1) is 0 Å². The Morgan fingerprint density at radius 2 is 0.818 bits per heavy atom. The summed E-state index contributed by atoms with van der Waals surface area (Å²) in [6.45, 7) is -3.61. The molecule has 0 spiro atoms. The molecule has 0 bridgehead atoms. The lowest BCUT2D eigenvalue weighted by Gasteiger charge is -2.24. The van der Waals surface area contributed by atoms with Crippen LogP contribution < -0.4 is 14.7 Å². The summed E-state index contributed by atoms with van der Waals surface area (Å²) >= 11 is 0. The molecule has 0 amide bonds. The zero-order valence-corrected chi connectivity index (χ0v) is 17.1. The van der Waals surface area contributed by atoms with Gasteiger partial charge in [0.2, 0.25) is 17.8 Å². The van der Waals surface area contributed by atoms with Crippen molar-refractivity contribution < 1.29 is 50.4 Å². The summed E-state index contributed by atoms with van der Waals surface area (Å²) in [4.78, 5) is 35.4. The molecule has 2 aromatic rings. The zero-order chi connectivity index (χ0) is 25.0. The average molecular weight is 472 g/mol. The van der Waals surface area contributed by atoms with Crippen molar-refractivity contribution in [1.82, 2.24) is 15.0 Å². The summed E-state index contributed by atoms with van der Waals surface area (Å²) in [5, 5.41) is 71.8. The summed E-state index contributed by atoms with van der Waals surface area (Å²) in [7, 11) is 0. The Labute approximate surface area is 186 Å². The van der Waals surface area contributed by atoms with Crippen LogP contribution in [0.4, 0.5) is 17.8 Å². The van der Waals surface area contributed by atoms with Crippen LogP contribution >= 0.6 is 0 Å². The smallest absolute Gasteiger partial charge is 0.336 e. The lowest BCUT2D eigenvalue weighted by Crippen LogP contribution is -2.34. The number of carbonyl (C=O) groups is 2. The van der Waals surface area contributed by atoms with E-state index in [1.165, 1.54) is 24.3 Å². The maximum absolute atomic E-state index is 10.5. The Bertz CT molecular complexity index is 798. The molecule has 1 heterocycles. The number of hydrogen-bond acceptors (Lipinski definition) is 14. The van der Waals surface area contributed by atoms with Crippen molar-refractivity contribution in [2.24, 2.45) is 0 Å². The van der Waals surface area contributed by atoms with E-state index in [0.29, 0.717) is 0 Å². The number of aliphatic hydroxyl groups is 6. The summed E-state index contributed by atoms with van der Waals surface area (Å²) in [5.41, 5.74) is -0.380. The first-order valence-electron chi connectivity index (χ1n) is 8.99. The van der Waals surface area contributed by atoms with Crippen molar-refractivity contribution in [2.45, 2.75) is 0 Å². The molecule has 16 nitrogen and oxygen atoms in total. The normalized spacial score (nSPS) is 10.1. The number of nitrogens with zero attached hydrogens (tertiary/aromatic N) is 6. The van der Waals surface area contributed by atoms with E-state index in [2.05, 4.69) is 15.0 Å². The van der Waals surface area contributed by atoms with Crippen LogP contribution in [0.3, 0.4) is 0 Å². The number of aliphatic hydroxyl groups excluding tert-OH is 6. The number of aromatic nitrogens is 3. The number of aromatic carboxylic acids is 2. The molecule has 0 saturated carbocycles. The molecule has 0 aliphatic rings. The van der Waals surface area contributed by atoms with Crippen molar-refractivity contribution in [2.75, 3.05) is 55.1 Å². The molecular formula is C17H24N6O10. The highest BCUT2D eigenvalue weighted by Crippen LogP contribution is 2.18. The van der Waals surface area contributed by atoms with Gasteiger partial charge in [-0.2, -0.15) is 15.0 Å². The second-order valence-electron chi connectivity index (χ2n) is 5.86. The molecular weight excluding hydrogens is 448 g/mol. The molecule has 1 aromatic carbocycles. The van der Waals surface area contributed by atoms with Crippen molar-refractivity contribution in [3.8, 4) is 0 Å². The van der Waals surface area contributed by atoms with Gasteiger partial charge in [0.05, 0.1) is 11.1 Å². The van der Waals surface area contributed by atoms with Crippen molar-refractivity contribution >= 4 is 29.8 Å². The molecule has 8 N–H and O–H groups in total. The molecule has 0 atom stereocenters. The Balaban J connectivity index is 0.000000383. The molecule has 0 saturated heterocycles. The summed E-state index contributed by atoms with van der Waals surface area (Å²) < 4.78 is 0. The molecule has 0 fully saturated rings. The fourth-order valence-electron chi connectivity index (χ4n) is 2.14. The molecule has 2 rings (SSSR count). The number of anilines is 3. The lowest BCUT2D eigenvalue weighted by molar-refractivity contribution is 0.0651. The van der Waals surface area contributed by atoms with E-state index >= 15 is 0 Å². The molecule has 1 aromatic heterocycles. The van der Waals surface area contributed by atoms with E-state index in [9.17, 15) is 9.59 Å². The second kappa shape index (κ2) is 13.7. The molecule has 33 heavy (non-hydrogen) atoms. The molecule has 182 valence electrons. The van der Waals surface area contributed by atoms with Gasteiger partial charge in [-0.3, -0.25) is 14.7 Å². The first-order valence-corrected chi connectivity index (χ1v) is 8.99. The van der Waals surface area contributed by atoms with Gasteiger partial charge in [-0.1, -0.05) is 12.1 Å². The predicted octanol–water partition coefficient (Wildman–Crippen LogP) is -2.93. The molecule has 0 aliphatic carbocycles. The van der Waals surface area contributed by atoms with Crippen LogP contribution in [-0.4, -0.2) is 108 Å². The highest BCUT2D eigenvalue weighted by atomic mass is 16.4. The molecule has 0 aliphatic heterocycles. The number of rotatable bonds is 11. The summed E-state index contributed by atoms with van der Waals surface area (Å²) in [5.74, 6) is -2.96. The summed E-state index contributed by atoms with van der Waals surface area (Å²) in [6.07, 6.45) is 0. The maximum atomic E-state index is 10.5. The number of benzene rings is 1. The van der Waals surface area contributed by atoms with Crippen LogP contribution in [0.5, 0.6) is 0 Å². The minimum absolute atomic E-state index is 0.168. The predicted molar refractivity (Wildman–Crippen MR) is 110 cm³/mol. The van der Waals surface area contributed by atoms with Crippen LogP contribution in [0.1, 0.15) is 20.7 Å². The van der Waals surface area contributed by atoms with Gasteiger partial charge >= 0.3 is 11.9 Å². The monoisotopic (exact) mass is 472 g/mol. The molecule has 0 unspecified atom stereocenters. The zero-order valence-electron chi connectivity index (χ0n) is 17.1. The fraction of sp³-hybridized carbons (Fsp3) is 0.353. The molecule has 16 heteroatoms. The van der Waals surface area contributed by atoms with Crippen LogP contribution in [0.2, 0.25) is 0 Å². The van der Waals surface area contributed by atoms with Crippen molar-refractivity contribution in [3.63, 3.8) is 0 Å². The van der Waals surface area contributed by atoms with E-state index in [1.54, 1.807) is 0 Å². The maximum Gasteiger partial charge on any atom is 0.336 e. The van der Waals surface area contributed by atoms with E-state index in [1.807, 2.05) is 0 Å². The Kier molecular flexibility index (Phi) is 11.3. The minimum Gasteiger partial charge on any atom is -0.478 e. The quantitative estimate of drug-likeness (QED) is 0.153. The third kappa shape index (κ3) is 7.45. The van der Waals surface area contributed by atoms with Gasteiger partial charge in [0, 0.05) is 0 Å². The van der Waals surface area contributed by atoms with E-state index in [0.717, 1.165) is 14.7 Å². The Morgan fingerprint density at radius 1 is 0.576 bits per heavy atom. The highest BCUT2D eigenvalue weighted by Gasteiger charge is 2.19. The third-order valence-electron chi connectivity index (χ3n) is 3.86. The fourth-order valence-corrected chi connectivity index (χ4v) is 2.14. The first-order chi connectivity index (χ1) is 15.8. The summed E-state index contributed by atoms with van der Waals surface area (Å²) in [6, 6.07) is 5.48. The van der Waals surface area contributed by atoms with Gasteiger partial charge in [-0.05, 0) is 12.1 Å². The standard InChI is InChI=1S/C9H18N6O6.C8H6O4/c16-1-13(2-17)7-10-8(14(3-18)4-19)12-9(11-7)15(5-20)6-21;9-7(10)5-3-1-2-4-6(5)8(11)12/h16-21H,1-6H2;1-4H,(H,9,10)(H,11,12). The van der Waals surface area contributed by atoms with Crippen molar-refractivity contribution in [3.05, 3.63) is 35.4 Å². The largest absolute Gasteiger partial charge is 0.478 e. The third-order valence-corrected chi connectivity index (χ3v) is 3.86. The number of carboxylic acids is 2. The van der Waals surface area contributed by atoms with Gasteiger partial charge in [-0.25, -0.2) is 9.59 Å². The van der Waals surface area contributed by atoms with Crippen LogP contribution in [-0.2, 0) is 0 Å². The Morgan fingerprint density at radius 3 is 1.00 bits per heavy atom. The Hall–Kier alpha value is -3.67. The van der Waals surface area contributed by atoms with Gasteiger partial charge in [0.1, 0.15) is 40.4 Å². The average Bonchev–Trinajstić information content (AvgIpc) is 2.82. The van der Waals surface area contributed by atoms with Crippen LogP contribution in [0.25, 0.3) is 0 Å². The van der Waals surface area contributed by atoms with Gasteiger partial charge in [-0.15, -0.1) is 0 Å². The number of hydrogen-bond donors (Lipinski definition) is 8. The first kappa shape index (κ1) is 27.4. The van der Waals surface area contributed by atoms with Gasteiger partial charge < -0.3 is 40.9 Å². The lowest BCUT2D eigenvalue weighted by atomic mass is 10.1. The van der Waals surface area contributed by atoms with E-state index < -0.39 is 52.3 Å². The topological polar surface area (TPSA) is 244 Å². The van der Waals surface area contributed by atoms with E-state index in [4.69, 9.17) is 40.9 Å². The van der Waals surface area contributed by atoms with Crippen molar-refractivity contribution in [1.29, 1.82) is 0 Å².